The summed E-state index contributed by atoms with van der Waals surface area (Å²) in [5.41, 5.74) is 1.49. The standard InChI is InChI=1S/C19H20ClF2N3O/c20-15-3-1-2-14(10-15)12-24-6-8-25(9-7-24)13-19(26)23-16-4-5-17(21)18(22)11-16/h1-5,10-11H,6-9,12-13H2,(H,23,26)/p+2. The third kappa shape index (κ3) is 5.24. The van der Waals surface area contributed by atoms with Crippen molar-refractivity contribution >= 4 is 23.2 Å². The molecular weight excluding hydrogens is 360 g/mol. The zero-order valence-corrected chi connectivity index (χ0v) is 15.1. The SMILES string of the molecule is O=C(C[NH+]1CC[NH+](Cc2cccc(Cl)c2)CC1)Nc1ccc(F)c(F)c1. The number of carbonyl (C=O) groups excluding carboxylic acids is 1. The quantitative estimate of drug-likeness (QED) is 0.695. The second kappa shape index (κ2) is 8.58. The van der Waals surface area contributed by atoms with Gasteiger partial charge in [-0.1, -0.05) is 23.7 Å². The van der Waals surface area contributed by atoms with E-state index in [0.29, 0.717) is 6.54 Å². The minimum Gasteiger partial charge on any atom is -0.322 e. The molecule has 0 saturated carbocycles. The lowest BCUT2D eigenvalue weighted by molar-refractivity contribution is -1.02. The summed E-state index contributed by atoms with van der Waals surface area (Å²) < 4.78 is 26.1. The van der Waals surface area contributed by atoms with Crippen LogP contribution in [0.3, 0.4) is 0 Å². The van der Waals surface area contributed by atoms with E-state index in [0.717, 1.165) is 49.9 Å². The normalized spacial score (nSPS) is 20.0. The van der Waals surface area contributed by atoms with Crippen LogP contribution in [0.25, 0.3) is 0 Å². The predicted molar refractivity (Wildman–Crippen MR) is 96.4 cm³/mol. The largest absolute Gasteiger partial charge is 0.322 e. The third-order valence-corrected chi connectivity index (χ3v) is 4.86. The fourth-order valence-corrected chi connectivity index (χ4v) is 3.47. The Kier molecular flexibility index (Phi) is 6.19. The molecule has 2 aromatic rings. The Morgan fingerprint density at radius 2 is 1.73 bits per heavy atom. The van der Waals surface area contributed by atoms with Crippen molar-refractivity contribution in [2.75, 3.05) is 38.0 Å². The fourth-order valence-electron chi connectivity index (χ4n) is 3.25. The number of hydrogen-bond acceptors (Lipinski definition) is 1. The molecule has 0 radical (unpaired) electrons. The lowest BCUT2D eigenvalue weighted by Gasteiger charge is -2.29. The van der Waals surface area contributed by atoms with Gasteiger partial charge in [0.05, 0.1) is 0 Å². The molecule has 26 heavy (non-hydrogen) atoms. The topological polar surface area (TPSA) is 38.0 Å². The Hall–Kier alpha value is -2.02. The van der Waals surface area contributed by atoms with E-state index in [4.69, 9.17) is 11.6 Å². The van der Waals surface area contributed by atoms with Crippen LogP contribution in [0.5, 0.6) is 0 Å². The van der Waals surface area contributed by atoms with Crippen molar-refractivity contribution in [3.05, 3.63) is 64.7 Å². The Bertz CT molecular complexity index is 779. The summed E-state index contributed by atoms with van der Waals surface area (Å²) in [4.78, 5) is 14.8. The van der Waals surface area contributed by atoms with E-state index in [1.807, 2.05) is 18.2 Å². The Morgan fingerprint density at radius 1 is 1.00 bits per heavy atom. The van der Waals surface area contributed by atoms with Gasteiger partial charge < -0.3 is 15.1 Å². The van der Waals surface area contributed by atoms with Gasteiger partial charge in [0.1, 0.15) is 32.7 Å². The van der Waals surface area contributed by atoms with Gasteiger partial charge in [0, 0.05) is 22.3 Å². The van der Waals surface area contributed by atoms with E-state index >= 15 is 0 Å². The maximum absolute atomic E-state index is 13.2. The van der Waals surface area contributed by atoms with Crippen LogP contribution < -0.4 is 15.1 Å². The van der Waals surface area contributed by atoms with Crippen molar-refractivity contribution in [1.29, 1.82) is 0 Å². The highest BCUT2D eigenvalue weighted by Crippen LogP contribution is 2.12. The van der Waals surface area contributed by atoms with Crippen molar-refractivity contribution in [2.24, 2.45) is 0 Å². The number of halogens is 3. The maximum Gasteiger partial charge on any atom is 0.279 e. The van der Waals surface area contributed by atoms with Crippen molar-refractivity contribution in [3.63, 3.8) is 0 Å². The molecular formula is C19H22ClF2N3O+2. The van der Waals surface area contributed by atoms with Crippen LogP contribution in [-0.2, 0) is 11.3 Å². The first kappa shape index (κ1) is 18.8. The second-order valence-electron chi connectivity index (χ2n) is 6.66. The summed E-state index contributed by atoms with van der Waals surface area (Å²) in [5, 5.41) is 3.38. The highest BCUT2D eigenvalue weighted by atomic mass is 35.5. The predicted octanol–water partition coefficient (Wildman–Crippen LogP) is 0.540. The molecule has 0 spiro atoms. The van der Waals surface area contributed by atoms with Crippen molar-refractivity contribution in [2.45, 2.75) is 6.54 Å². The summed E-state index contributed by atoms with van der Waals surface area (Å²) in [5.74, 6) is -2.08. The molecule has 0 atom stereocenters. The molecule has 138 valence electrons. The van der Waals surface area contributed by atoms with Crippen molar-refractivity contribution < 1.29 is 23.4 Å². The van der Waals surface area contributed by atoms with E-state index in [1.54, 1.807) is 0 Å². The Balaban J connectivity index is 1.44. The van der Waals surface area contributed by atoms with Gasteiger partial charge in [-0.15, -0.1) is 0 Å². The molecule has 1 aliphatic rings. The molecule has 3 N–H and O–H groups in total. The van der Waals surface area contributed by atoms with Crippen LogP contribution in [0.15, 0.2) is 42.5 Å². The number of carbonyl (C=O) groups is 1. The summed E-state index contributed by atoms with van der Waals surface area (Å²) in [6, 6.07) is 11.3. The number of anilines is 1. The average Bonchev–Trinajstić information content (AvgIpc) is 2.60. The summed E-state index contributed by atoms with van der Waals surface area (Å²) in [6.07, 6.45) is 0. The van der Waals surface area contributed by atoms with E-state index in [-0.39, 0.29) is 11.6 Å². The van der Waals surface area contributed by atoms with Gasteiger partial charge in [0.25, 0.3) is 5.91 Å². The highest BCUT2D eigenvalue weighted by Gasteiger charge is 2.25. The Labute approximate surface area is 156 Å². The van der Waals surface area contributed by atoms with Gasteiger partial charge in [0.15, 0.2) is 18.2 Å². The fraction of sp³-hybridized carbons (Fsp3) is 0.316. The van der Waals surface area contributed by atoms with E-state index in [1.165, 1.54) is 21.4 Å². The molecule has 1 saturated heterocycles. The first-order valence-corrected chi connectivity index (χ1v) is 9.04. The molecule has 1 heterocycles. The number of piperazine rings is 1. The molecule has 7 heteroatoms. The van der Waals surface area contributed by atoms with E-state index in [2.05, 4.69) is 11.4 Å². The first-order chi connectivity index (χ1) is 12.5. The number of amides is 1. The number of quaternary nitrogens is 2. The number of hydrogen-bond donors (Lipinski definition) is 3. The van der Waals surface area contributed by atoms with Gasteiger partial charge in [-0.05, 0) is 24.3 Å². The van der Waals surface area contributed by atoms with E-state index in [9.17, 15) is 13.6 Å². The zero-order chi connectivity index (χ0) is 18.5. The van der Waals surface area contributed by atoms with E-state index < -0.39 is 11.6 Å². The molecule has 0 aromatic heterocycles. The maximum atomic E-state index is 13.2. The zero-order valence-electron chi connectivity index (χ0n) is 14.3. The Morgan fingerprint density at radius 3 is 2.42 bits per heavy atom. The van der Waals surface area contributed by atoms with Gasteiger partial charge in [-0.3, -0.25) is 4.79 Å². The van der Waals surface area contributed by atoms with Crippen molar-refractivity contribution in [3.8, 4) is 0 Å². The first-order valence-electron chi connectivity index (χ1n) is 8.66. The van der Waals surface area contributed by atoms with Crippen molar-refractivity contribution in [1.82, 2.24) is 0 Å². The number of benzene rings is 2. The smallest absolute Gasteiger partial charge is 0.279 e. The summed E-state index contributed by atoms with van der Waals surface area (Å²) in [7, 11) is 0. The third-order valence-electron chi connectivity index (χ3n) is 4.62. The van der Waals surface area contributed by atoms with Gasteiger partial charge >= 0.3 is 0 Å². The van der Waals surface area contributed by atoms with Gasteiger partial charge in [-0.2, -0.15) is 0 Å². The van der Waals surface area contributed by atoms with Crippen LogP contribution in [0.2, 0.25) is 5.02 Å². The van der Waals surface area contributed by atoms with Gasteiger partial charge in [0.2, 0.25) is 0 Å². The molecule has 0 unspecified atom stereocenters. The second-order valence-corrected chi connectivity index (χ2v) is 7.10. The minimum atomic E-state index is -0.964. The lowest BCUT2D eigenvalue weighted by atomic mass is 10.2. The highest BCUT2D eigenvalue weighted by molar-refractivity contribution is 6.30. The molecule has 2 aromatic carbocycles. The minimum absolute atomic E-state index is 0.190. The molecule has 0 aliphatic carbocycles. The molecule has 0 bridgehead atoms. The summed E-state index contributed by atoms with van der Waals surface area (Å²) in [6.45, 7) is 4.97. The van der Waals surface area contributed by atoms with Gasteiger partial charge in [-0.25, -0.2) is 8.78 Å². The van der Waals surface area contributed by atoms with Crippen LogP contribution >= 0.6 is 11.6 Å². The summed E-state index contributed by atoms with van der Waals surface area (Å²) >= 11 is 6.03. The van der Waals surface area contributed by atoms with Crippen LogP contribution in [-0.4, -0.2) is 38.6 Å². The molecule has 3 rings (SSSR count). The monoisotopic (exact) mass is 381 g/mol. The number of nitrogens with one attached hydrogen (secondary N) is 3. The van der Waals surface area contributed by atoms with Crippen LogP contribution in [0.4, 0.5) is 14.5 Å². The lowest BCUT2D eigenvalue weighted by Crippen LogP contribution is -3.28. The molecule has 4 nitrogen and oxygen atoms in total. The molecule has 1 amide bonds. The molecule has 1 fully saturated rings. The van der Waals surface area contributed by atoms with Crippen LogP contribution in [0.1, 0.15) is 5.56 Å². The number of rotatable bonds is 5. The van der Waals surface area contributed by atoms with Crippen LogP contribution in [0, 0.1) is 11.6 Å². The molecule has 1 aliphatic heterocycles. The average molecular weight is 382 g/mol.